The molecular weight excluding hydrogens is 1230 g/mol. The normalized spacial score (nSPS) is 22.9. The molecule has 2 aliphatic rings. The molecule has 0 saturated carbocycles. The highest BCUT2D eigenvalue weighted by Crippen LogP contribution is 2.24. The Hall–Kier alpha value is -7.21. The van der Waals surface area contributed by atoms with Crippen LogP contribution in [-0.2, 0) is 65.6 Å². The van der Waals surface area contributed by atoms with Crippen molar-refractivity contribution in [1.82, 2.24) is 62.1 Å². The van der Waals surface area contributed by atoms with Crippen molar-refractivity contribution >= 4 is 86.8 Å². The lowest BCUT2D eigenvalue weighted by Gasteiger charge is -2.33. The summed E-state index contributed by atoms with van der Waals surface area (Å²) < 4.78 is 0. The Morgan fingerprint density at radius 2 is 1.12 bits per heavy atom. The summed E-state index contributed by atoms with van der Waals surface area (Å²) in [5.41, 5.74) is 6.74. The van der Waals surface area contributed by atoms with Gasteiger partial charge in [-0.05, 0) is 69.3 Å². The van der Waals surface area contributed by atoms with Gasteiger partial charge < -0.3 is 84.0 Å². The first kappa shape index (κ1) is 76.2. The molecule has 2 fully saturated rings. The Morgan fingerprint density at radius 3 is 1.63 bits per heavy atom. The number of nitrogens with zero attached hydrogens (tertiary/aromatic N) is 4. The second-order valence-corrected chi connectivity index (χ2v) is 24.9. The molecule has 506 valence electrons. The number of amides is 8. The molecule has 2 heterocycles. The number of rotatable bonds is 25. The van der Waals surface area contributed by atoms with Crippen molar-refractivity contribution < 1.29 is 88.5 Å². The maximum Gasteiger partial charge on any atom is 0.317 e. The first-order valence-electron chi connectivity index (χ1n) is 30.0. The molecule has 0 bridgehead atoms. The van der Waals surface area contributed by atoms with Crippen molar-refractivity contribution in [3.63, 3.8) is 0 Å². The highest BCUT2D eigenvalue weighted by atomic mass is 33.1. The van der Waals surface area contributed by atoms with Gasteiger partial charge in [0.15, 0.2) is 0 Å². The van der Waals surface area contributed by atoms with E-state index in [0.29, 0.717) is 24.0 Å². The Kier molecular flexibility index (Phi) is 33.4. The summed E-state index contributed by atoms with van der Waals surface area (Å²) in [4.78, 5) is 157. The van der Waals surface area contributed by atoms with Crippen molar-refractivity contribution in [2.24, 2.45) is 5.73 Å². The van der Waals surface area contributed by atoms with Crippen LogP contribution in [0.5, 0.6) is 5.75 Å². The summed E-state index contributed by atoms with van der Waals surface area (Å²) in [5.74, 6) is -11.4. The zero-order chi connectivity index (χ0) is 67.2. The fraction of sp³-hybridized carbons (Fsp3) is 0.603. The van der Waals surface area contributed by atoms with Gasteiger partial charge in [0.2, 0.25) is 47.3 Å². The third-order valence-electron chi connectivity index (χ3n) is 14.9. The first-order chi connectivity index (χ1) is 43.3. The number of unbranched alkanes of at least 4 members (excludes halogenated alkanes) is 1. The molecule has 2 saturated heterocycles. The summed E-state index contributed by atoms with van der Waals surface area (Å²) >= 11 is 0. The molecular formula is C58H89N13O18S2. The third-order valence-corrected chi connectivity index (χ3v) is 17.3. The van der Waals surface area contributed by atoms with E-state index >= 15 is 0 Å². The number of carbonyl (C=O) groups is 11. The molecule has 4 rings (SSSR count). The Labute approximate surface area is 535 Å². The largest absolute Gasteiger partial charge is 0.508 e. The van der Waals surface area contributed by atoms with Crippen LogP contribution in [0, 0.1) is 0 Å². The Morgan fingerprint density at radius 1 is 0.615 bits per heavy atom. The molecule has 0 aliphatic carbocycles. The average Bonchev–Trinajstić information content (AvgIpc) is 1.82. The van der Waals surface area contributed by atoms with E-state index in [4.69, 9.17) is 5.73 Å². The molecule has 31 nitrogen and oxygen atoms in total. The third kappa shape index (κ3) is 28.1. The fourth-order valence-corrected chi connectivity index (χ4v) is 12.0. The quantitative estimate of drug-likeness (QED) is 0.0328. The van der Waals surface area contributed by atoms with E-state index in [1.807, 2.05) is 0 Å². The number of aromatic hydroxyl groups is 1. The summed E-state index contributed by atoms with van der Waals surface area (Å²) in [5, 5.41) is 91.4. The predicted octanol–water partition coefficient (Wildman–Crippen LogP) is -4.78. The van der Waals surface area contributed by atoms with Crippen LogP contribution in [-0.4, -0.2) is 284 Å². The van der Waals surface area contributed by atoms with E-state index in [1.165, 1.54) is 38.1 Å². The summed E-state index contributed by atoms with van der Waals surface area (Å²) in [6.45, 7) is 2.77. The molecule has 91 heavy (non-hydrogen) atoms. The number of carbonyl (C=O) groups excluding carboxylic acids is 8. The van der Waals surface area contributed by atoms with E-state index in [1.54, 1.807) is 56.9 Å². The molecule has 0 radical (unpaired) electrons. The maximum atomic E-state index is 15.0. The number of phenolic OH excluding ortho intramolecular Hbond substituents is 1. The van der Waals surface area contributed by atoms with E-state index in [9.17, 15) is 88.5 Å². The molecule has 2 aromatic carbocycles. The number of benzene rings is 2. The number of hydrogen-bond donors (Lipinski definition) is 16. The summed E-state index contributed by atoms with van der Waals surface area (Å²) in [6.07, 6.45) is -2.61. The average molecular weight is 1320 g/mol. The van der Waals surface area contributed by atoms with Crippen molar-refractivity contribution in [3.05, 3.63) is 65.7 Å². The zero-order valence-electron chi connectivity index (χ0n) is 51.3. The lowest BCUT2D eigenvalue weighted by Crippen LogP contribution is -2.62. The number of hydrogen-bond acceptors (Lipinski definition) is 22. The topological polar surface area (TPSA) is 465 Å². The lowest BCUT2D eigenvalue weighted by atomic mass is 10.0. The number of aliphatic hydroxyl groups is 3. The smallest absolute Gasteiger partial charge is 0.317 e. The molecule has 2 aromatic rings. The predicted molar refractivity (Wildman–Crippen MR) is 335 cm³/mol. The van der Waals surface area contributed by atoms with Crippen molar-refractivity contribution in [2.75, 3.05) is 103 Å². The number of carboxylic acid groups (broad SMARTS) is 3. The minimum atomic E-state index is -1.74. The van der Waals surface area contributed by atoms with Gasteiger partial charge in [-0.2, -0.15) is 0 Å². The van der Waals surface area contributed by atoms with E-state index in [-0.39, 0.29) is 108 Å². The van der Waals surface area contributed by atoms with Gasteiger partial charge in [-0.25, -0.2) is 0 Å². The van der Waals surface area contributed by atoms with Crippen LogP contribution in [0.2, 0.25) is 0 Å². The van der Waals surface area contributed by atoms with E-state index in [0.717, 1.165) is 21.6 Å². The lowest BCUT2D eigenvalue weighted by molar-refractivity contribution is -0.140. The zero-order valence-corrected chi connectivity index (χ0v) is 53.0. The van der Waals surface area contributed by atoms with Crippen molar-refractivity contribution in [1.29, 1.82) is 0 Å². The Bertz CT molecular complexity index is 2690. The summed E-state index contributed by atoms with van der Waals surface area (Å²) in [7, 11) is 1.82. The minimum absolute atomic E-state index is 0.0157. The van der Waals surface area contributed by atoms with Crippen molar-refractivity contribution in [2.45, 2.75) is 120 Å². The van der Waals surface area contributed by atoms with Crippen LogP contribution in [0.15, 0.2) is 54.6 Å². The van der Waals surface area contributed by atoms with Crippen LogP contribution in [0.4, 0.5) is 0 Å². The van der Waals surface area contributed by atoms with Crippen LogP contribution in [0.1, 0.15) is 57.6 Å². The summed E-state index contributed by atoms with van der Waals surface area (Å²) in [6, 6.07) is 2.46. The van der Waals surface area contributed by atoms with Gasteiger partial charge in [0.05, 0.1) is 51.0 Å². The molecule has 33 heteroatoms. The number of aliphatic carboxylic acids is 3. The van der Waals surface area contributed by atoms with Crippen molar-refractivity contribution in [3.8, 4) is 5.75 Å². The van der Waals surface area contributed by atoms with Gasteiger partial charge in [-0.3, -0.25) is 72.3 Å². The van der Waals surface area contributed by atoms with Crippen LogP contribution < -0.4 is 48.3 Å². The SMILES string of the molecule is CC[C@H]1NC(=O)[C@H](Cc2ccc(O)cc2)NC(=O)[C@@H](NC(=O)[C@@H](Cc2ccccc2)NC(=O)CN2CCN(CC(=O)O)CCN(CC(=O)O)CCN(CC(=O)O)CC2)CSSC[C@@H](C(=O)N[C@H](CO)[C@@H](C)O)NC(=O)[C@H]([C@@H](C)O)NC(=O)[C@H](CCCCN)NC1=O. The second kappa shape index (κ2) is 39.9. The number of aliphatic hydroxyl groups excluding tert-OH is 3. The standard InChI is InChI=1S/C58H89N13O18S2/c1-4-40-52(83)62-41(12-8-9-17-59)53(84)67-51(36(3)74)58(89)66-46(57(88)64-44(32-72)35(2)73)34-91-90-33-45(56(87)63-43(55(86)61-40)27-38-13-15-39(75)16-14-38)65-54(85)42(26-37-10-6-5-7-11-37)60-47(76)28-68-18-20-69(29-48(77)78)22-24-71(31-50(81)82)25-23-70(21-19-68)30-49(79)80/h5-7,10-11,13-16,35-36,40-46,51,72-75H,4,8-9,12,17-34,59H2,1-3H3,(H,60,76)(H,61,86)(H,62,83)(H,63,87)(H,64,88)(H,65,85)(H,66,89)(H,67,84)(H,77,78)(H,79,80)(H,81,82)/t35-,36-,40-,41+,42-,43+,44-,45+,46+,51+/m1/s1. The van der Waals surface area contributed by atoms with E-state index in [2.05, 4.69) is 42.5 Å². The molecule has 0 aromatic heterocycles. The Balaban J connectivity index is 1.78. The maximum absolute atomic E-state index is 15.0. The van der Waals surface area contributed by atoms with Gasteiger partial charge >= 0.3 is 17.9 Å². The molecule has 17 N–H and O–H groups in total. The molecule has 10 atom stereocenters. The van der Waals surface area contributed by atoms with Crippen LogP contribution in [0.25, 0.3) is 0 Å². The minimum Gasteiger partial charge on any atom is -0.508 e. The molecule has 2 aliphatic heterocycles. The highest BCUT2D eigenvalue weighted by molar-refractivity contribution is 8.76. The number of phenols is 1. The molecule has 8 amide bonds. The van der Waals surface area contributed by atoms with Crippen LogP contribution in [0.3, 0.4) is 0 Å². The van der Waals surface area contributed by atoms with Gasteiger partial charge in [0.1, 0.15) is 48.0 Å². The number of nitrogens with two attached hydrogens (primary N) is 1. The number of carboxylic acids is 3. The van der Waals surface area contributed by atoms with Crippen LogP contribution >= 0.6 is 21.6 Å². The first-order valence-corrected chi connectivity index (χ1v) is 32.5. The monoisotopic (exact) mass is 1320 g/mol. The second-order valence-electron chi connectivity index (χ2n) is 22.3. The van der Waals surface area contributed by atoms with Gasteiger partial charge in [0.25, 0.3) is 0 Å². The molecule has 0 unspecified atom stereocenters. The highest BCUT2D eigenvalue weighted by Gasteiger charge is 2.37. The van der Waals surface area contributed by atoms with Gasteiger partial charge in [-0.1, -0.05) is 71.0 Å². The van der Waals surface area contributed by atoms with Gasteiger partial charge in [-0.15, -0.1) is 0 Å². The van der Waals surface area contributed by atoms with Gasteiger partial charge in [0, 0.05) is 76.7 Å². The fourth-order valence-electron chi connectivity index (χ4n) is 9.69. The number of nitrogens with one attached hydrogen (secondary N) is 8. The van der Waals surface area contributed by atoms with E-state index < -0.39 is 152 Å². The molecule has 0 spiro atoms.